The fourth-order valence-electron chi connectivity index (χ4n) is 3.35. The molecule has 0 atom stereocenters. The molecule has 0 aliphatic heterocycles. The standard InChI is InChI=1S/C20H25FN2OSi/c1-13(2)23-18-8-6-14(21)10-16(18)17-11-15(7-9-19(17)23)22-20(24)12-25(3,4)5/h6-11,13H,12H2,1-5H3,(H,22,24). The predicted molar refractivity (Wildman–Crippen MR) is 107 cm³/mol. The van der Waals surface area contributed by atoms with Crippen LogP contribution in [0.1, 0.15) is 19.9 Å². The Bertz CT molecular complexity index is 954. The number of carbonyl (C=O) groups is 1. The molecule has 0 radical (unpaired) electrons. The van der Waals surface area contributed by atoms with Gasteiger partial charge in [0.05, 0.1) is 8.07 Å². The lowest BCUT2D eigenvalue weighted by atomic mass is 10.1. The lowest BCUT2D eigenvalue weighted by Crippen LogP contribution is -2.27. The first-order valence-corrected chi connectivity index (χ1v) is 12.4. The largest absolute Gasteiger partial charge is 0.338 e. The van der Waals surface area contributed by atoms with Crippen molar-refractivity contribution in [2.45, 2.75) is 45.6 Å². The molecule has 3 rings (SSSR count). The topological polar surface area (TPSA) is 34.0 Å². The van der Waals surface area contributed by atoms with Gasteiger partial charge in [-0.15, -0.1) is 0 Å². The Morgan fingerprint density at radius 2 is 1.68 bits per heavy atom. The molecule has 1 N–H and O–H groups in total. The van der Waals surface area contributed by atoms with Gasteiger partial charge < -0.3 is 9.88 Å². The number of carbonyl (C=O) groups excluding carboxylic acids is 1. The molecule has 3 aromatic rings. The molecule has 3 nitrogen and oxygen atoms in total. The van der Waals surface area contributed by atoms with E-state index in [0.29, 0.717) is 6.04 Å². The zero-order chi connectivity index (χ0) is 18.4. The maximum atomic E-state index is 13.8. The highest BCUT2D eigenvalue weighted by molar-refractivity contribution is 6.79. The average molecular weight is 357 g/mol. The van der Waals surface area contributed by atoms with Crippen molar-refractivity contribution in [3.63, 3.8) is 0 Å². The van der Waals surface area contributed by atoms with E-state index in [0.717, 1.165) is 27.5 Å². The molecule has 132 valence electrons. The zero-order valence-electron chi connectivity index (χ0n) is 15.5. The van der Waals surface area contributed by atoms with Gasteiger partial charge in [0.1, 0.15) is 5.82 Å². The van der Waals surface area contributed by atoms with Crippen molar-refractivity contribution in [1.29, 1.82) is 0 Å². The number of halogens is 1. The number of hydrogen-bond acceptors (Lipinski definition) is 1. The van der Waals surface area contributed by atoms with Gasteiger partial charge in [-0.1, -0.05) is 19.6 Å². The van der Waals surface area contributed by atoms with Gasteiger partial charge in [-0.05, 0) is 50.2 Å². The van der Waals surface area contributed by atoms with Crippen LogP contribution in [0, 0.1) is 5.82 Å². The SMILES string of the molecule is CC(C)n1c2ccc(F)cc2c2cc(NC(=O)C[Si](C)(C)C)ccc21. The van der Waals surface area contributed by atoms with Crippen molar-refractivity contribution in [3.8, 4) is 0 Å². The minimum atomic E-state index is -1.46. The lowest BCUT2D eigenvalue weighted by molar-refractivity contribution is -0.114. The van der Waals surface area contributed by atoms with Crippen LogP contribution in [0.25, 0.3) is 21.8 Å². The first kappa shape index (κ1) is 17.7. The van der Waals surface area contributed by atoms with Crippen molar-refractivity contribution < 1.29 is 9.18 Å². The van der Waals surface area contributed by atoms with Crippen LogP contribution in [0.3, 0.4) is 0 Å². The summed E-state index contributed by atoms with van der Waals surface area (Å²) >= 11 is 0. The molecular weight excluding hydrogens is 331 g/mol. The molecule has 0 spiro atoms. The first-order valence-electron chi connectivity index (χ1n) is 8.69. The molecule has 1 aromatic heterocycles. The predicted octanol–water partition coefficient (Wildman–Crippen LogP) is 5.79. The highest BCUT2D eigenvalue weighted by Crippen LogP contribution is 2.34. The van der Waals surface area contributed by atoms with Crippen LogP contribution < -0.4 is 5.32 Å². The molecule has 0 saturated heterocycles. The van der Waals surface area contributed by atoms with Crippen LogP contribution in [-0.2, 0) is 4.79 Å². The minimum absolute atomic E-state index is 0.0531. The van der Waals surface area contributed by atoms with Gasteiger partial charge in [-0.2, -0.15) is 0 Å². The molecule has 0 unspecified atom stereocenters. The fraction of sp³-hybridized carbons (Fsp3) is 0.350. The normalized spacial score (nSPS) is 12.3. The molecule has 25 heavy (non-hydrogen) atoms. The van der Waals surface area contributed by atoms with E-state index in [1.807, 2.05) is 24.3 Å². The van der Waals surface area contributed by atoms with E-state index in [2.05, 4.69) is 43.4 Å². The molecule has 1 heterocycles. The summed E-state index contributed by atoms with van der Waals surface area (Å²) in [5, 5.41) is 4.85. The van der Waals surface area contributed by atoms with E-state index in [4.69, 9.17) is 0 Å². The van der Waals surface area contributed by atoms with Crippen molar-refractivity contribution in [3.05, 3.63) is 42.2 Å². The van der Waals surface area contributed by atoms with Gasteiger partial charge in [0.15, 0.2) is 0 Å². The summed E-state index contributed by atoms with van der Waals surface area (Å²) in [4.78, 5) is 12.3. The van der Waals surface area contributed by atoms with E-state index >= 15 is 0 Å². The molecule has 2 aromatic carbocycles. The number of nitrogens with zero attached hydrogens (tertiary/aromatic N) is 1. The Morgan fingerprint density at radius 1 is 1.08 bits per heavy atom. The van der Waals surface area contributed by atoms with Crippen molar-refractivity contribution in [2.75, 3.05) is 5.32 Å². The summed E-state index contributed by atoms with van der Waals surface area (Å²) < 4.78 is 16.0. The van der Waals surface area contributed by atoms with Crippen LogP contribution in [0.4, 0.5) is 10.1 Å². The van der Waals surface area contributed by atoms with E-state index in [1.54, 1.807) is 6.07 Å². The van der Waals surface area contributed by atoms with E-state index in [1.165, 1.54) is 6.07 Å². The van der Waals surface area contributed by atoms with E-state index in [-0.39, 0.29) is 17.8 Å². The molecule has 0 bridgehead atoms. The number of amides is 1. The minimum Gasteiger partial charge on any atom is -0.338 e. The monoisotopic (exact) mass is 356 g/mol. The molecule has 0 fully saturated rings. The Labute approximate surface area is 148 Å². The van der Waals surface area contributed by atoms with Crippen LogP contribution in [0.2, 0.25) is 25.7 Å². The molecule has 1 amide bonds. The summed E-state index contributed by atoms with van der Waals surface area (Å²) in [7, 11) is -1.46. The second-order valence-electron chi connectivity index (χ2n) is 8.14. The Kier molecular flexibility index (Phi) is 4.45. The highest BCUT2D eigenvalue weighted by Gasteiger charge is 2.19. The Morgan fingerprint density at radius 3 is 2.28 bits per heavy atom. The lowest BCUT2D eigenvalue weighted by Gasteiger charge is -2.15. The molecule has 0 aliphatic rings. The van der Waals surface area contributed by atoms with Gasteiger partial charge in [-0.25, -0.2) is 4.39 Å². The average Bonchev–Trinajstić information content (AvgIpc) is 2.78. The molecule has 0 saturated carbocycles. The van der Waals surface area contributed by atoms with Crippen molar-refractivity contribution in [1.82, 2.24) is 4.57 Å². The smallest absolute Gasteiger partial charge is 0.221 e. The first-order chi connectivity index (χ1) is 11.7. The molecule has 0 aliphatic carbocycles. The number of rotatable bonds is 4. The second kappa shape index (κ2) is 6.30. The highest BCUT2D eigenvalue weighted by atomic mass is 28.3. The maximum absolute atomic E-state index is 13.8. The Hall–Kier alpha value is -2.14. The fourth-order valence-corrected chi connectivity index (χ4v) is 4.40. The van der Waals surface area contributed by atoms with Crippen LogP contribution in [0.5, 0.6) is 0 Å². The maximum Gasteiger partial charge on any atom is 0.221 e. The number of nitrogens with one attached hydrogen (secondary N) is 1. The Balaban J connectivity index is 2.09. The third-order valence-corrected chi connectivity index (χ3v) is 5.64. The number of aromatic nitrogens is 1. The summed E-state index contributed by atoms with van der Waals surface area (Å²) in [5.74, 6) is -0.194. The van der Waals surface area contributed by atoms with Gasteiger partial charge >= 0.3 is 0 Å². The van der Waals surface area contributed by atoms with Crippen LogP contribution in [0.15, 0.2) is 36.4 Å². The second-order valence-corrected chi connectivity index (χ2v) is 13.6. The van der Waals surface area contributed by atoms with Crippen LogP contribution in [-0.4, -0.2) is 18.5 Å². The number of fused-ring (bicyclic) bond motifs is 3. The van der Waals surface area contributed by atoms with Crippen molar-refractivity contribution in [2.24, 2.45) is 0 Å². The van der Waals surface area contributed by atoms with Crippen molar-refractivity contribution >= 4 is 41.5 Å². The number of benzene rings is 2. The van der Waals surface area contributed by atoms with Gasteiger partial charge in [-0.3, -0.25) is 4.79 Å². The third kappa shape index (κ3) is 3.61. The number of anilines is 1. The van der Waals surface area contributed by atoms with Crippen LogP contribution >= 0.6 is 0 Å². The van der Waals surface area contributed by atoms with E-state index < -0.39 is 8.07 Å². The molecule has 5 heteroatoms. The quantitative estimate of drug-likeness (QED) is 0.590. The zero-order valence-corrected chi connectivity index (χ0v) is 16.5. The third-order valence-electron chi connectivity index (χ3n) is 4.26. The number of hydrogen-bond donors (Lipinski definition) is 1. The summed E-state index contributed by atoms with van der Waals surface area (Å²) in [6, 6.07) is 11.6. The molecular formula is C20H25FN2OSi. The summed E-state index contributed by atoms with van der Waals surface area (Å²) in [6.07, 6.45) is 0. The van der Waals surface area contributed by atoms with E-state index in [9.17, 15) is 9.18 Å². The van der Waals surface area contributed by atoms with Gasteiger partial charge in [0.2, 0.25) is 5.91 Å². The summed E-state index contributed by atoms with van der Waals surface area (Å²) in [5.41, 5.74) is 2.83. The summed E-state index contributed by atoms with van der Waals surface area (Å²) in [6.45, 7) is 10.8. The van der Waals surface area contributed by atoms with Gasteiger partial charge in [0.25, 0.3) is 0 Å². The van der Waals surface area contributed by atoms with Gasteiger partial charge in [0, 0.05) is 39.6 Å².